The first-order chi connectivity index (χ1) is 13.0. The summed E-state index contributed by atoms with van der Waals surface area (Å²) in [5.74, 6) is 0.554. The molecular formula is C18H20F3N5O2. The van der Waals surface area contributed by atoms with Gasteiger partial charge in [-0.25, -0.2) is 10.0 Å². The van der Waals surface area contributed by atoms with E-state index in [0.29, 0.717) is 5.76 Å². The van der Waals surface area contributed by atoms with Crippen LogP contribution in [-0.4, -0.2) is 28.6 Å². The number of guanidine groups is 1. The number of anilines is 1. The third-order valence-corrected chi connectivity index (χ3v) is 4.18. The van der Waals surface area contributed by atoms with Crippen LogP contribution in [-0.2, 0) is 16.4 Å². The zero-order valence-electron chi connectivity index (χ0n) is 15.6. The molecule has 7 nitrogen and oxygen atoms in total. The Labute approximate surface area is 159 Å². The van der Waals surface area contributed by atoms with Gasteiger partial charge in [-0.05, 0) is 24.3 Å². The van der Waals surface area contributed by atoms with Crippen LogP contribution in [0, 0.1) is 0 Å². The number of hydrazine groups is 1. The number of carbonyl (C=O) groups is 1. The van der Waals surface area contributed by atoms with Gasteiger partial charge in [0.1, 0.15) is 5.76 Å². The van der Waals surface area contributed by atoms with E-state index in [1.807, 2.05) is 20.8 Å². The molecule has 1 amide bonds. The molecule has 10 heteroatoms. The maximum Gasteiger partial charge on any atom is 0.416 e. The maximum atomic E-state index is 12.8. The molecule has 1 aromatic carbocycles. The van der Waals surface area contributed by atoms with Crippen molar-refractivity contribution in [2.24, 2.45) is 10.7 Å². The van der Waals surface area contributed by atoms with E-state index in [0.717, 1.165) is 12.1 Å². The third kappa shape index (κ3) is 3.95. The highest BCUT2D eigenvalue weighted by atomic mass is 19.4. The number of hydrogen-bond acceptors (Lipinski definition) is 4. The van der Waals surface area contributed by atoms with Crippen LogP contribution in [0.2, 0.25) is 0 Å². The molecular weight excluding hydrogens is 375 g/mol. The van der Waals surface area contributed by atoms with Gasteiger partial charge in [0.2, 0.25) is 11.9 Å². The molecule has 2 N–H and O–H groups in total. The quantitative estimate of drug-likeness (QED) is 0.620. The zero-order chi connectivity index (χ0) is 20.7. The van der Waals surface area contributed by atoms with Crippen molar-refractivity contribution in [2.45, 2.75) is 38.8 Å². The Hall–Kier alpha value is -3.04. The molecule has 1 aliphatic heterocycles. The second kappa shape index (κ2) is 6.84. The number of carbonyl (C=O) groups excluding carboxylic acids is 1. The highest BCUT2D eigenvalue weighted by Gasteiger charge is 2.34. The lowest BCUT2D eigenvalue weighted by Gasteiger charge is -2.28. The van der Waals surface area contributed by atoms with Crippen LogP contribution in [0.4, 0.5) is 24.7 Å². The molecule has 2 aromatic rings. The number of rotatable bonds is 2. The molecule has 1 aliphatic rings. The molecule has 1 aromatic heterocycles. The standard InChI is InChI=1S/C18H20F3N5O2/c1-17(2,3)13-10-14(24-28-13)23-16(22)25-9-8-15(27)26(25)12-6-4-11(5-7-12)18(19,20)21/h4-7,10H,8-9H2,1-3H3,(H2,22,23,24). The number of benzene rings is 1. The summed E-state index contributed by atoms with van der Waals surface area (Å²) in [5, 5.41) is 6.46. The molecule has 150 valence electrons. The highest BCUT2D eigenvalue weighted by Crippen LogP contribution is 2.32. The van der Waals surface area contributed by atoms with Crippen molar-refractivity contribution >= 4 is 23.4 Å². The second-order valence-electron chi connectivity index (χ2n) is 7.39. The normalized spacial score (nSPS) is 16.2. The van der Waals surface area contributed by atoms with Gasteiger partial charge < -0.3 is 10.3 Å². The molecule has 0 saturated carbocycles. The van der Waals surface area contributed by atoms with Crippen LogP contribution in [0.1, 0.15) is 38.5 Å². The predicted molar refractivity (Wildman–Crippen MR) is 96.7 cm³/mol. The number of aromatic nitrogens is 1. The molecule has 1 saturated heterocycles. The van der Waals surface area contributed by atoms with Crippen LogP contribution in [0.25, 0.3) is 0 Å². The number of alkyl halides is 3. The second-order valence-corrected chi connectivity index (χ2v) is 7.39. The highest BCUT2D eigenvalue weighted by molar-refractivity contribution is 5.99. The fourth-order valence-corrected chi connectivity index (χ4v) is 2.68. The minimum Gasteiger partial charge on any atom is -0.368 e. The summed E-state index contributed by atoms with van der Waals surface area (Å²) in [6, 6.07) is 5.92. The summed E-state index contributed by atoms with van der Waals surface area (Å²) >= 11 is 0. The number of halogens is 3. The summed E-state index contributed by atoms with van der Waals surface area (Å²) in [6.07, 6.45) is -4.30. The van der Waals surface area contributed by atoms with E-state index in [-0.39, 0.29) is 41.8 Å². The largest absolute Gasteiger partial charge is 0.416 e. The van der Waals surface area contributed by atoms with E-state index in [1.54, 1.807) is 6.07 Å². The third-order valence-electron chi connectivity index (χ3n) is 4.18. The van der Waals surface area contributed by atoms with Crippen molar-refractivity contribution in [1.82, 2.24) is 10.2 Å². The van der Waals surface area contributed by atoms with Gasteiger partial charge in [0.15, 0.2) is 5.82 Å². The lowest BCUT2D eigenvalue weighted by atomic mass is 9.93. The Bertz CT molecular complexity index is 897. The molecule has 0 spiro atoms. The van der Waals surface area contributed by atoms with Crippen molar-refractivity contribution in [3.8, 4) is 0 Å². The lowest BCUT2D eigenvalue weighted by Crippen LogP contribution is -2.47. The van der Waals surface area contributed by atoms with Gasteiger partial charge in [-0.1, -0.05) is 25.9 Å². The van der Waals surface area contributed by atoms with Gasteiger partial charge in [-0.3, -0.25) is 4.79 Å². The number of nitrogens with zero attached hydrogens (tertiary/aromatic N) is 4. The Balaban J connectivity index is 1.86. The van der Waals surface area contributed by atoms with Gasteiger partial charge >= 0.3 is 6.18 Å². The van der Waals surface area contributed by atoms with E-state index in [9.17, 15) is 18.0 Å². The van der Waals surface area contributed by atoms with Crippen LogP contribution in [0.5, 0.6) is 0 Å². The van der Waals surface area contributed by atoms with Crippen molar-refractivity contribution in [1.29, 1.82) is 0 Å². The van der Waals surface area contributed by atoms with Crippen LogP contribution in [0.15, 0.2) is 39.8 Å². The average molecular weight is 395 g/mol. The molecule has 0 unspecified atom stereocenters. The number of hydrogen-bond donors (Lipinski definition) is 1. The minimum absolute atomic E-state index is 0.0143. The minimum atomic E-state index is -4.45. The molecule has 3 rings (SSSR count). The van der Waals surface area contributed by atoms with E-state index in [1.165, 1.54) is 22.2 Å². The summed E-state index contributed by atoms with van der Waals surface area (Å²) in [5.41, 5.74) is 5.25. The molecule has 0 bridgehead atoms. The van der Waals surface area contributed by atoms with Crippen LogP contribution < -0.4 is 10.7 Å². The van der Waals surface area contributed by atoms with Gasteiger partial charge in [0, 0.05) is 17.9 Å². The van der Waals surface area contributed by atoms with Gasteiger partial charge in [-0.2, -0.15) is 18.2 Å². The average Bonchev–Trinajstić information content (AvgIpc) is 3.20. The van der Waals surface area contributed by atoms with Gasteiger partial charge in [0.05, 0.1) is 17.8 Å². The Morgan fingerprint density at radius 1 is 1.21 bits per heavy atom. The first kappa shape index (κ1) is 19.7. The van der Waals surface area contributed by atoms with Crippen LogP contribution in [0.3, 0.4) is 0 Å². The van der Waals surface area contributed by atoms with E-state index in [4.69, 9.17) is 10.3 Å². The molecule has 28 heavy (non-hydrogen) atoms. The summed E-state index contributed by atoms with van der Waals surface area (Å²) in [4.78, 5) is 16.5. The van der Waals surface area contributed by atoms with Crippen LogP contribution >= 0.6 is 0 Å². The Morgan fingerprint density at radius 3 is 2.39 bits per heavy atom. The monoisotopic (exact) mass is 395 g/mol. The molecule has 0 atom stereocenters. The predicted octanol–water partition coefficient (Wildman–Crippen LogP) is 3.59. The number of amides is 1. The topological polar surface area (TPSA) is 88.0 Å². The Morgan fingerprint density at radius 2 is 1.86 bits per heavy atom. The zero-order valence-corrected chi connectivity index (χ0v) is 15.6. The van der Waals surface area contributed by atoms with Crippen molar-refractivity contribution in [3.63, 3.8) is 0 Å². The fraction of sp³-hybridized carbons (Fsp3) is 0.389. The molecule has 0 aliphatic carbocycles. The van der Waals surface area contributed by atoms with Gasteiger partial charge in [0.25, 0.3) is 0 Å². The first-order valence-electron chi connectivity index (χ1n) is 8.56. The molecule has 0 radical (unpaired) electrons. The van der Waals surface area contributed by atoms with E-state index >= 15 is 0 Å². The number of nitrogens with two attached hydrogens (primary N) is 1. The van der Waals surface area contributed by atoms with Crippen molar-refractivity contribution in [2.75, 3.05) is 11.6 Å². The summed E-state index contributed by atoms with van der Waals surface area (Å²) in [6.45, 7) is 6.11. The fourth-order valence-electron chi connectivity index (χ4n) is 2.68. The van der Waals surface area contributed by atoms with Gasteiger partial charge in [-0.15, -0.1) is 0 Å². The smallest absolute Gasteiger partial charge is 0.368 e. The SMILES string of the molecule is CC(C)(C)c1cc(N=C(N)N2CCC(=O)N2c2ccc(C(F)(F)F)cc2)no1. The lowest BCUT2D eigenvalue weighted by molar-refractivity contribution is -0.137. The summed E-state index contributed by atoms with van der Waals surface area (Å²) < 4.78 is 43.5. The van der Waals surface area contributed by atoms with E-state index in [2.05, 4.69) is 10.1 Å². The molecule has 2 heterocycles. The van der Waals surface area contributed by atoms with E-state index < -0.39 is 11.7 Å². The van der Waals surface area contributed by atoms with Crippen molar-refractivity contribution < 1.29 is 22.5 Å². The molecule has 1 fully saturated rings. The summed E-state index contributed by atoms with van der Waals surface area (Å²) in [7, 11) is 0. The number of aliphatic imine (C=N–C) groups is 1. The first-order valence-corrected chi connectivity index (χ1v) is 8.56. The van der Waals surface area contributed by atoms with Crippen molar-refractivity contribution in [3.05, 3.63) is 41.7 Å². The maximum absolute atomic E-state index is 12.8. The Kier molecular flexibility index (Phi) is 4.82.